The maximum atomic E-state index is 13.6. The molecular formula is C31H41ClF3N3O3. The van der Waals surface area contributed by atoms with Crippen LogP contribution in [0.15, 0.2) is 48.5 Å². The van der Waals surface area contributed by atoms with Crippen LogP contribution in [0, 0.1) is 5.41 Å². The zero-order chi connectivity index (χ0) is 29.8. The third-order valence-electron chi connectivity index (χ3n) is 7.68. The highest BCUT2D eigenvalue weighted by molar-refractivity contribution is 6.30. The van der Waals surface area contributed by atoms with Crippen LogP contribution in [0.2, 0.25) is 5.02 Å². The smallest absolute Gasteiger partial charge is 0.416 e. The van der Waals surface area contributed by atoms with Crippen LogP contribution in [-0.4, -0.2) is 54.6 Å². The first-order valence-electron chi connectivity index (χ1n) is 14.3. The molecule has 2 saturated heterocycles. The van der Waals surface area contributed by atoms with Crippen LogP contribution in [0.4, 0.5) is 13.2 Å². The Balaban J connectivity index is 1.57. The first kappa shape index (κ1) is 31.8. The number of alkyl halides is 3. The maximum absolute atomic E-state index is 13.6. The van der Waals surface area contributed by atoms with E-state index in [0.717, 1.165) is 37.8 Å². The molecule has 2 N–H and O–H groups in total. The van der Waals surface area contributed by atoms with Crippen molar-refractivity contribution in [2.45, 2.75) is 96.6 Å². The fourth-order valence-corrected chi connectivity index (χ4v) is 5.78. The Hall–Kier alpha value is -2.17. The van der Waals surface area contributed by atoms with Crippen molar-refractivity contribution < 1.29 is 27.4 Å². The minimum absolute atomic E-state index is 0.0246. The molecule has 0 aliphatic carbocycles. The van der Waals surface area contributed by atoms with E-state index in [9.17, 15) is 18.0 Å². The topological polar surface area (TPSA) is 62.8 Å². The molecule has 0 bridgehead atoms. The van der Waals surface area contributed by atoms with Gasteiger partial charge < -0.3 is 14.8 Å². The minimum atomic E-state index is -4.50. The molecule has 0 aromatic heterocycles. The van der Waals surface area contributed by atoms with E-state index in [2.05, 4.69) is 34.6 Å². The summed E-state index contributed by atoms with van der Waals surface area (Å²) in [4.78, 5) is 14.4. The lowest BCUT2D eigenvalue weighted by molar-refractivity contribution is -0.153. The van der Waals surface area contributed by atoms with Crippen molar-refractivity contribution in [1.82, 2.24) is 15.5 Å². The number of nitrogens with zero attached hydrogens (tertiary/aromatic N) is 1. The molecule has 226 valence electrons. The van der Waals surface area contributed by atoms with Gasteiger partial charge in [-0.2, -0.15) is 13.2 Å². The Morgan fingerprint density at radius 1 is 1.02 bits per heavy atom. The van der Waals surface area contributed by atoms with Gasteiger partial charge in [-0.1, -0.05) is 48.9 Å². The maximum Gasteiger partial charge on any atom is 0.416 e. The van der Waals surface area contributed by atoms with Gasteiger partial charge in [-0.3, -0.25) is 15.0 Å². The molecular weight excluding hydrogens is 555 g/mol. The molecule has 2 aliphatic rings. The highest BCUT2D eigenvalue weighted by atomic mass is 35.5. The van der Waals surface area contributed by atoms with Gasteiger partial charge in [0, 0.05) is 29.7 Å². The van der Waals surface area contributed by atoms with E-state index in [0.29, 0.717) is 12.2 Å². The molecule has 2 fully saturated rings. The molecule has 6 nitrogen and oxygen atoms in total. The van der Waals surface area contributed by atoms with Gasteiger partial charge in [-0.15, -0.1) is 0 Å². The molecule has 0 saturated carbocycles. The molecule has 2 aliphatic heterocycles. The Morgan fingerprint density at radius 2 is 1.73 bits per heavy atom. The third-order valence-corrected chi connectivity index (χ3v) is 7.90. The van der Waals surface area contributed by atoms with Crippen LogP contribution in [0.1, 0.15) is 63.6 Å². The van der Waals surface area contributed by atoms with Crippen LogP contribution in [0.25, 0.3) is 0 Å². The van der Waals surface area contributed by atoms with E-state index in [1.807, 2.05) is 18.2 Å². The number of ether oxygens (including phenoxy) is 2. The summed E-state index contributed by atoms with van der Waals surface area (Å²) >= 11 is 6.15. The fourth-order valence-electron chi connectivity index (χ4n) is 5.52. The van der Waals surface area contributed by atoms with Crippen molar-refractivity contribution in [3.05, 3.63) is 70.2 Å². The van der Waals surface area contributed by atoms with E-state index < -0.39 is 23.5 Å². The first-order valence-corrected chi connectivity index (χ1v) is 14.7. The highest BCUT2D eigenvalue weighted by Gasteiger charge is 2.39. The Labute approximate surface area is 245 Å². The molecule has 4 rings (SSSR count). The third kappa shape index (κ3) is 8.91. The zero-order valence-electron chi connectivity index (χ0n) is 24.1. The average molecular weight is 596 g/mol. The molecule has 5 unspecified atom stereocenters. The van der Waals surface area contributed by atoms with Crippen molar-refractivity contribution in [2.24, 2.45) is 5.41 Å². The van der Waals surface area contributed by atoms with Crippen molar-refractivity contribution in [3.63, 3.8) is 0 Å². The Bertz CT molecular complexity index is 1160. The minimum Gasteiger partial charge on any atom is -0.464 e. The van der Waals surface area contributed by atoms with Gasteiger partial charge in [0.1, 0.15) is 6.61 Å². The van der Waals surface area contributed by atoms with E-state index >= 15 is 0 Å². The van der Waals surface area contributed by atoms with Gasteiger partial charge in [0.25, 0.3) is 0 Å². The summed E-state index contributed by atoms with van der Waals surface area (Å²) in [5, 5.41) is 7.23. The zero-order valence-corrected chi connectivity index (χ0v) is 24.9. The number of halogens is 4. The van der Waals surface area contributed by atoms with Crippen LogP contribution in [0.5, 0.6) is 0 Å². The van der Waals surface area contributed by atoms with Gasteiger partial charge in [0.2, 0.25) is 0 Å². The summed E-state index contributed by atoms with van der Waals surface area (Å²) in [6, 6.07) is 14.2. The van der Waals surface area contributed by atoms with E-state index in [1.54, 1.807) is 26.8 Å². The number of rotatable bonds is 9. The van der Waals surface area contributed by atoms with Crippen LogP contribution < -0.4 is 10.6 Å². The number of hydrogen-bond acceptors (Lipinski definition) is 6. The molecule has 2 heterocycles. The number of carbonyl (C=O) groups is 1. The van der Waals surface area contributed by atoms with Gasteiger partial charge in [0.15, 0.2) is 6.35 Å². The van der Waals surface area contributed by atoms with Gasteiger partial charge in [-0.25, -0.2) is 0 Å². The normalized spacial score (nSPS) is 25.4. The summed E-state index contributed by atoms with van der Waals surface area (Å²) in [5.41, 5.74) is 0.300. The predicted octanol–water partition coefficient (Wildman–Crippen LogP) is 6.16. The van der Waals surface area contributed by atoms with E-state index in [-0.39, 0.29) is 48.3 Å². The number of hydrogen-bond donors (Lipinski definition) is 2. The summed E-state index contributed by atoms with van der Waals surface area (Å²) in [6.07, 6.45) is -1.67. The van der Waals surface area contributed by atoms with Crippen molar-refractivity contribution in [1.29, 1.82) is 0 Å². The lowest BCUT2D eigenvalue weighted by atomic mass is 9.88. The van der Waals surface area contributed by atoms with Crippen LogP contribution in [-0.2, 0) is 33.4 Å². The van der Waals surface area contributed by atoms with Gasteiger partial charge in [0.05, 0.1) is 23.6 Å². The number of esters is 1. The van der Waals surface area contributed by atoms with E-state index in [1.165, 1.54) is 5.56 Å². The van der Waals surface area contributed by atoms with Gasteiger partial charge >= 0.3 is 12.1 Å². The fraction of sp³-hybridized carbons (Fsp3) is 0.581. The molecule has 41 heavy (non-hydrogen) atoms. The predicted molar refractivity (Wildman–Crippen MR) is 153 cm³/mol. The quantitative estimate of drug-likeness (QED) is 0.339. The molecule has 5 atom stereocenters. The second kappa shape index (κ2) is 13.4. The second-order valence-electron chi connectivity index (χ2n) is 12.2. The molecule has 2 aromatic rings. The van der Waals surface area contributed by atoms with Crippen LogP contribution in [0.3, 0.4) is 0 Å². The van der Waals surface area contributed by atoms with Crippen LogP contribution >= 0.6 is 11.6 Å². The number of piperidine rings is 1. The highest BCUT2D eigenvalue weighted by Crippen LogP contribution is 2.34. The standard InChI is InChI=1S/C31H41ClF3N3O3/c1-5-24-15-27(16-25(36-24)13-20-9-7-6-8-10-20)38(17-21-11-22(31(33,34)35)14-23(32)12-21)29-37-26(19-41-29)18-40-28(39)30(2,3)4/h6-12,14,24-27,29,36-37H,5,13,15-19H2,1-4H3. The monoisotopic (exact) mass is 595 g/mol. The van der Waals surface area contributed by atoms with E-state index in [4.69, 9.17) is 21.1 Å². The SMILES string of the molecule is CCC1CC(N(Cc2cc(Cl)cc(C(F)(F)F)c2)C2NC(COC(=O)C(C)(C)C)CO2)CC(Cc2ccccc2)N1. The van der Waals surface area contributed by atoms with Gasteiger partial charge in [-0.05, 0) is 75.8 Å². The summed E-state index contributed by atoms with van der Waals surface area (Å²) in [7, 11) is 0. The molecule has 10 heteroatoms. The molecule has 0 amide bonds. The summed E-state index contributed by atoms with van der Waals surface area (Å²) < 4.78 is 52.6. The molecule has 0 spiro atoms. The van der Waals surface area contributed by atoms with Crippen molar-refractivity contribution in [2.75, 3.05) is 13.2 Å². The number of carbonyl (C=O) groups excluding carboxylic acids is 1. The number of benzene rings is 2. The molecule has 0 radical (unpaired) electrons. The first-order chi connectivity index (χ1) is 19.3. The van der Waals surface area contributed by atoms with Crippen molar-refractivity contribution >= 4 is 17.6 Å². The summed E-state index contributed by atoms with van der Waals surface area (Å²) in [6.45, 7) is 8.21. The lowest BCUT2D eigenvalue weighted by Gasteiger charge is -2.44. The average Bonchev–Trinajstić information content (AvgIpc) is 3.38. The molecule has 2 aromatic carbocycles. The second-order valence-corrected chi connectivity index (χ2v) is 12.6. The van der Waals surface area contributed by atoms with Crippen molar-refractivity contribution in [3.8, 4) is 0 Å². The summed E-state index contributed by atoms with van der Waals surface area (Å²) in [5.74, 6) is -0.300. The Kier molecular flexibility index (Phi) is 10.4. The number of nitrogens with one attached hydrogen (secondary N) is 2. The largest absolute Gasteiger partial charge is 0.464 e. The lowest BCUT2D eigenvalue weighted by Crippen LogP contribution is -2.57. The Morgan fingerprint density at radius 3 is 2.39 bits per heavy atom.